The third kappa shape index (κ3) is 4.36. The second-order valence-corrected chi connectivity index (χ2v) is 5.92. The van der Waals surface area contributed by atoms with Gasteiger partial charge in [0, 0.05) is 6.07 Å². The number of aryl methyl sites for hydroxylation is 2. The van der Waals surface area contributed by atoms with Gasteiger partial charge in [0.05, 0.1) is 15.6 Å². The summed E-state index contributed by atoms with van der Waals surface area (Å²) >= 11 is 11.7. The Kier molecular flexibility index (Phi) is 5.63. The van der Waals surface area contributed by atoms with E-state index in [0.717, 1.165) is 36.8 Å². The fourth-order valence-corrected chi connectivity index (χ4v) is 2.56. The highest BCUT2D eigenvalue weighted by molar-refractivity contribution is 6.33. The monoisotopic (exact) mass is 338 g/mol. The van der Waals surface area contributed by atoms with Crippen molar-refractivity contribution in [3.8, 4) is 0 Å². The average molecular weight is 339 g/mol. The van der Waals surface area contributed by atoms with E-state index in [2.05, 4.69) is 0 Å². The van der Waals surface area contributed by atoms with Crippen LogP contribution in [0.4, 0.5) is 11.4 Å². The molecule has 4 nitrogen and oxygen atoms in total. The maximum absolute atomic E-state index is 10.8. The number of benzene rings is 2. The molecule has 2 rings (SSSR count). The van der Waals surface area contributed by atoms with Crippen molar-refractivity contribution in [1.82, 2.24) is 0 Å². The minimum absolute atomic E-state index is 0.0374. The van der Waals surface area contributed by atoms with Gasteiger partial charge in [-0.2, -0.15) is 0 Å². The summed E-state index contributed by atoms with van der Waals surface area (Å²) in [5.41, 5.74) is 8.39. The number of halogens is 2. The molecule has 22 heavy (non-hydrogen) atoms. The Bertz CT molecular complexity index is 690. The topological polar surface area (TPSA) is 69.2 Å². The number of rotatable bonds is 6. The normalized spacial score (nSPS) is 10.6. The van der Waals surface area contributed by atoms with Crippen LogP contribution in [0.2, 0.25) is 10.0 Å². The lowest BCUT2D eigenvalue weighted by atomic mass is 10.0. The summed E-state index contributed by atoms with van der Waals surface area (Å²) in [5.74, 6) is 0. The Morgan fingerprint density at radius 1 is 0.955 bits per heavy atom. The van der Waals surface area contributed by atoms with Gasteiger partial charge in [-0.3, -0.25) is 10.1 Å². The lowest BCUT2D eigenvalue weighted by molar-refractivity contribution is -0.384. The molecular weight excluding hydrogens is 323 g/mol. The number of anilines is 1. The highest BCUT2D eigenvalue weighted by Crippen LogP contribution is 2.26. The van der Waals surface area contributed by atoms with Gasteiger partial charge in [0.1, 0.15) is 5.02 Å². The summed E-state index contributed by atoms with van der Waals surface area (Å²) in [5, 5.41) is 11.6. The van der Waals surface area contributed by atoms with Crippen molar-refractivity contribution in [2.45, 2.75) is 25.7 Å². The number of nitrogens with two attached hydrogens (primary N) is 1. The van der Waals surface area contributed by atoms with Crippen molar-refractivity contribution in [2.75, 3.05) is 5.73 Å². The van der Waals surface area contributed by atoms with Gasteiger partial charge in [0.15, 0.2) is 0 Å². The number of unbranched alkanes of at least 4 members (excludes halogenated alkanes) is 1. The molecule has 0 spiro atoms. The van der Waals surface area contributed by atoms with E-state index >= 15 is 0 Å². The van der Waals surface area contributed by atoms with Crippen molar-refractivity contribution in [1.29, 1.82) is 0 Å². The first-order valence-corrected chi connectivity index (χ1v) is 7.69. The Labute approximate surface area is 139 Å². The second-order valence-electron chi connectivity index (χ2n) is 5.11. The molecule has 0 amide bonds. The minimum atomic E-state index is -0.456. The van der Waals surface area contributed by atoms with Gasteiger partial charge in [-0.15, -0.1) is 0 Å². The second kappa shape index (κ2) is 7.47. The molecule has 0 radical (unpaired) electrons. The van der Waals surface area contributed by atoms with Crippen LogP contribution in [-0.2, 0) is 12.8 Å². The molecule has 0 aromatic heterocycles. The molecule has 0 atom stereocenters. The fourth-order valence-electron chi connectivity index (χ4n) is 2.26. The van der Waals surface area contributed by atoms with Gasteiger partial charge in [0.2, 0.25) is 0 Å². The van der Waals surface area contributed by atoms with E-state index in [1.807, 2.05) is 18.2 Å². The number of hydrogen-bond acceptors (Lipinski definition) is 3. The summed E-state index contributed by atoms with van der Waals surface area (Å²) in [6, 6.07) is 10.6. The number of hydrogen-bond donors (Lipinski definition) is 1. The van der Waals surface area contributed by atoms with E-state index in [9.17, 15) is 10.1 Å². The van der Waals surface area contributed by atoms with Crippen LogP contribution in [0.3, 0.4) is 0 Å². The van der Waals surface area contributed by atoms with Crippen LogP contribution in [0, 0.1) is 10.1 Å². The van der Waals surface area contributed by atoms with Gasteiger partial charge >= 0.3 is 0 Å². The molecule has 116 valence electrons. The molecule has 0 saturated heterocycles. The molecule has 0 aliphatic rings. The Morgan fingerprint density at radius 2 is 1.50 bits per heavy atom. The highest BCUT2D eigenvalue weighted by atomic mass is 35.5. The van der Waals surface area contributed by atoms with Crippen LogP contribution in [0.1, 0.15) is 24.0 Å². The van der Waals surface area contributed by atoms with Crippen molar-refractivity contribution >= 4 is 34.6 Å². The third-order valence-electron chi connectivity index (χ3n) is 3.45. The van der Waals surface area contributed by atoms with Crippen molar-refractivity contribution in [2.24, 2.45) is 0 Å². The van der Waals surface area contributed by atoms with E-state index in [0.29, 0.717) is 10.7 Å². The van der Waals surface area contributed by atoms with Crippen LogP contribution in [0.5, 0.6) is 0 Å². The SMILES string of the molecule is Nc1cc(CCCCc2ccc(Cl)c([N+](=O)[O-])c2)ccc1Cl. The lowest BCUT2D eigenvalue weighted by Crippen LogP contribution is -1.94. The van der Waals surface area contributed by atoms with Gasteiger partial charge in [-0.05, 0) is 55.0 Å². The van der Waals surface area contributed by atoms with Crippen LogP contribution >= 0.6 is 23.2 Å². The summed E-state index contributed by atoms with van der Waals surface area (Å²) in [7, 11) is 0. The predicted molar refractivity (Wildman–Crippen MR) is 90.6 cm³/mol. The zero-order chi connectivity index (χ0) is 16.1. The lowest BCUT2D eigenvalue weighted by Gasteiger charge is -2.05. The van der Waals surface area contributed by atoms with Crippen molar-refractivity contribution in [3.63, 3.8) is 0 Å². The maximum atomic E-state index is 10.8. The molecular formula is C16H16Cl2N2O2. The molecule has 2 aromatic carbocycles. The van der Waals surface area contributed by atoms with E-state index in [1.54, 1.807) is 18.2 Å². The molecule has 0 aliphatic carbocycles. The quantitative estimate of drug-likeness (QED) is 0.346. The molecule has 0 fully saturated rings. The first kappa shape index (κ1) is 16.6. The fraction of sp³-hybridized carbons (Fsp3) is 0.250. The summed E-state index contributed by atoms with van der Waals surface area (Å²) in [6.45, 7) is 0. The average Bonchev–Trinajstić information content (AvgIpc) is 2.48. The first-order valence-electron chi connectivity index (χ1n) is 6.94. The smallest absolute Gasteiger partial charge is 0.288 e. The molecule has 0 heterocycles. The molecule has 6 heteroatoms. The van der Waals surface area contributed by atoms with E-state index in [1.165, 1.54) is 0 Å². The first-order chi connectivity index (χ1) is 10.5. The molecule has 0 bridgehead atoms. The zero-order valence-electron chi connectivity index (χ0n) is 11.9. The molecule has 2 N–H and O–H groups in total. The molecule has 2 aromatic rings. The van der Waals surface area contributed by atoms with Crippen molar-refractivity contribution in [3.05, 3.63) is 67.7 Å². The molecule has 0 unspecified atom stereocenters. The van der Waals surface area contributed by atoms with Gasteiger partial charge in [0.25, 0.3) is 5.69 Å². The van der Waals surface area contributed by atoms with Crippen LogP contribution < -0.4 is 5.73 Å². The Balaban J connectivity index is 1.87. The Morgan fingerprint density at radius 3 is 2.05 bits per heavy atom. The van der Waals surface area contributed by atoms with Crippen LogP contribution in [0.15, 0.2) is 36.4 Å². The van der Waals surface area contributed by atoms with Gasteiger partial charge < -0.3 is 5.73 Å². The molecule has 0 saturated carbocycles. The van der Waals surface area contributed by atoms with E-state index < -0.39 is 4.92 Å². The summed E-state index contributed by atoms with van der Waals surface area (Å²) < 4.78 is 0. The van der Waals surface area contributed by atoms with E-state index in [4.69, 9.17) is 28.9 Å². The highest BCUT2D eigenvalue weighted by Gasteiger charge is 2.12. The maximum Gasteiger partial charge on any atom is 0.288 e. The largest absolute Gasteiger partial charge is 0.398 e. The minimum Gasteiger partial charge on any atom is -0.398 e. The zero-order valence-corrected chi connectivity index (χ0v) is 13.4. The summed E-state index contributed by atoms with van der Waals surface area (Å²) in [6.07, 6.45) is 3.58. The third-order valence-corrected chi connectivity index (χ3v) is 4.11. The van der Waals surface area contributed by atoms with Crippen molar-refractivity contribution < 1.29 is 4.92 Å². The van der Waals surface area contributed by atoms with Crippen LogP contribution in [0.25, 0.3) is 0 Å². The number of nitrogens with zero attached hydrogens (tertiary/aromatic N) is 1. The van der Waals surface area contributed by atoms with E-state index in [-0.39, 0.29) is 10.7 Å². The van der Waals surface area contributed by atoms with Gasteiger partial charge in [-0.1, -0.05) is 35.3 Å². The Hall–Kier alpha value is -1.78. The summed E-state index contributed by atoms with van der Waals surface area (Å²) in [4.78, 5) is 10.4. The number of nitro groups is 1. The number of nitro benzene ring substituents is 1. The standard InChI is InChI=1S/C16H16Cl2N2O2/c17-13-7-5-11(9-15(13)19)3-1-2-4-12-6-8-14(18)16(10-12)20(21)22/h5-10H,1-4,19H2. The van der Waals surface area contributed by atoms with Crippen LogP contribution in [-0.4, -0.2) is 4.92 Å². The number of nitrogen functional groups attached to an aromatic ring is 1. The van der Waals surface area contributed by atoms with Gasteiger partial charge in [-0.25, -0.2) is 0 Å². The molecule has 0 aliphatic heterocycles. The predicted octanol–water partition coefficient (Wildman–Crippen LogP) is 5.05.